The molecule has 4 rings (SSSR count). The summed E-state index contributed by atoms with van der Waals surface area (Å²) in [5.74, 6) is -1.98. The third kappa shape index (κ3) is 4.54. The number of fused-ring (bicyclic) bond motifs is 1. The van der Waals surface area contributed by atoms with Crippen LogP contribution in [0.4, 0.5) is 20.5 Å². The van der Waals surface area contributed by atoms with Crippen molar-refractivity contribution in [1.82, 2.24) is 9.97 Å². The second-order valence-electron chi connectivity index (χ2n) is 8.51. The first-order valence-electron chi connectivity index (χ1n) is 10.4. The molecule has 1 aromatic heterocycles. The number of nitrogens with one attached hydrogen (secondary N) is 1. The van der Waals surface area contributed by atoms with Gasteiger partial charge >= 0.3 is 0 Å². The van der Waals surface area contributed by atoms with Crippen LogP contribution < -0.4 is 9.62 Å². The van der Waals surface area contributed by atoms with Crippen molar-refractivity contribution in [3.63, 3.8) is 0 Å². The predicted molar refractivity (Wildman–Crippen MR) is 125 cm³/mol. The Morgan fingerprint density at radius 3 is 2.58 bits per heavy atom. The number of halogens is 3. The van der Waals surface area contributed by atoms with Crippen molar-refractivity contribution in [1.29, 1.82) is 0 Å². The number of rotatable bonds is 4. The summed E-state index contributed by atoms with van der Waals surface area (Å²) in [4.78, 5) is 10.4. The summed E-state index contributed by atoms with van der Waals surface area (Å²) in [5, 5.41) is 10.3. The quantitative estimate of drug-likeness (QED) is 0.531. The standard InChI is InChI=1S/C22H23ClF2N4O3S/c1-11-7-8-12(2)29(10-11)21-13-9-14(23)17(18-15(24)5-4-6-16(18)30)19(25)20(13)26-22(27-21)28-33(3,31)32/h4-6,9,11-12,30H,7-8,10H2,1-3H3,(H,26,27,28)/t11-,12-/m0/s1. The van der Waals surface area contributed by atoms with Gasteiger partial charge in [0.25, 0.3) is 0 Å². The summed E-state index contributed by atoms with van der Waals surface area (Å²) in [6, 6.07) is 5.06. The molecule has 1 fully saturated rings. The highest BCUT2D eigenvalue weighted by atomic mass is 35.5. The molecule has 3 aromatic rings. The van der Waals surface area contributed by atoms with Crippen LogP contribution in [0.15, 0.2) is 24.3 Å². The van der Waals surface area contributed by atoms with E-state index in [2.05, 4.69) is 21.6 Å². The van der Waals surface area contributed by atoms with E-state index in [4.69, 9.17) is 11.6 Å². The average Bonchev–Trinajstić information content (AvgIpc) is 2.71. The van der Waals surface area contributed by atoms with Gasteiger partial charge in [0.05, 0.1) is 16.8 Å². The van der Waals surface area contributed by atoms with Gasteiger partial charge in [-0.25, -0.2) is 22.2 Å². The maximum absolute atomic E-state index is 15.9. The minimum absolute atomic E-state index is 0.0579. The van der Waals surface area contributed by atoms with E-state index < -0.39 is 33.0 Å². The van der Waals surface area contributed by atoms with Crippen molar-refractivity contribution >= 4 is 44.3 Å². The van der Waals surface area contributed by atoms with Gasteiger partial charge < -0.3 is 10.0 Å². The minimum Gasteiger partial charge on any atom is -0.507 e. The van der Waals surface area contributed by atoms with Crippen molar-refractivity contribution in [3.8, 4) is 16.9 Å². The number of nitrogens with zero attached hydrogens (tertiary/aromatic N) is 3. The molecule has 2 heterocycles. The molecule has 33 heavy (non-hydrogen) atoms. The third-order valence-electron chi connectivity index (χ3n) is 5.77. The fourth-order valence-electron chi connectivity index (χ4n) is 4.18. The number of hydrogen-bond donors (Lipinski definition) is 2. The molecule has 0 amide bonds. The van der Waals surface area contributed by atoms with Crippen LogP contribution in [0.1, 0.15) is 26.7 Å². The van der Waals surface area contributed by atoms with Crippen LogP contribution >= 0.6 is 11.6 Å². The van der Waals surface area contributed by atoms with Gasteiger partial charge in [-0.05, 0) is 43.9 Å². The number of phenolic OH excluding ortho intramolecular Hbond substituents is 1. The molecule has 11 heteroatoms. The van der Waals surface area contributed by atoms with Crippen molar-refractivity contribution in [2.45, 2.75) is 32.7 Å². The van der Waals surface area contributed by atoms with Crippen LogP contribution in [-0.2, 0) is 10.0 Å². The molecule has 1 aliphatic rings. The molecule has 2 N–H and O–H groups in total. The maximum atomic E-state index is 15.9. The molecular formula is C22H23ClF2N4O3S. The Bertz CT molecular complexity index is 1330. The largest absolute Gasteiger partial charge is 0.507 e. The monoisotopic (exact) mass is 496 g/mol. The van der Waals surface area contributed by atoms with Gasteiger partial charge in [0.15, 0.2) is 5.82 Å². The number of anilines is 2. The number of sulfonamides is 1. The van der Waals surface area contributed by atoms with Gasteiger partial charge in [-0.15, -0.1) is 0 Å². The lowest BCUT2D eigenvalue weighted by Gasteiger charge is -2.38. The average molecular weight is 497 g/mol. The van der Waals surface area contributed by atoms with E-state index in [0.29, 0.717) is 18.3 Å². The zero-order valence-corrected chi connectivity index (χ0v) is 19.8. The molecule has 0 aliphatic carbocycles. The minimum atomic E-state index is -3.76. The zero-order chi connectivity index (χ0) is 24.1. The number of phenols is 1. The summed E-state index contributed by atoms with van der Waals surface area (Å²) in [7, 11) is -3.76. The normalized spacial score (nSPS) is 19.2. The smallest absolute Gasteiger partial charge is 0.239 e. The first-order valence-corrected chi connectivity index (χ1v) is 12.6. The SMILES string of the molecule is C[C@H]1CC[C@H](C)N(c2nc(NS(C)(=O)=O)nc3c(F)c(-c4c(O)cccc4F)c(Cl)cc23)C1. The molecular weight excluding hydrogens is 474 g/mol. The van der Waals surface area contributed by atoms with E-state index in [9.17, 15) is 17.9 Å². The molecule has 0 spiro atoms. The Kier molecular flexibility index (Phi) is 6.09. The Morgan fingerprint density at radius 2 is 1.91 bits per heavy atom. The van der Waals surface area contributed by atoms with Crippen LogP contribution in [0, 0.1) is 17.6 Å². The molecule has 1 aliphatic heterocycles. The second-order valence-corrected chi connectivity index (χ2v) is 10.7. The highest BCUT2D eigenvalue weighted by molar-refractivity contribution is 7.92. The van der Waals surface area contributed by atoms with Crippen molar-refractivity contribution in [2.24, 2.45) is 5.92 Å². The first kappa shape index (κ1) is 23.4. The molecule has 2 aromatic carbocycles. The Balaban J connectivity index is 2.04. The fourth-order valence-corrected chi connectivity index (χ4v) is 4.89. The Labute approximate surface area is 195 Å². The molecule has 0 bridgehead atoms. The number of piperidine rings is 1. The lowest BCUT2D eigenvalue weighted by Crippen LogP contribution is -2.41. The van der Waals surface area contributed by atoms with E-state index >= 15 is 4.39 Å². The highest BCUT2D eigenvalue weighted by Gasteiger charge is 2.29. The first-order chi connectivity index (χ1) is 15.5. The van der Waals surface area contributed by atoms with Gasteiger partial charge in [-0.1, -0.05) is 24.6 Å². The van der Waals surface area contributed by atoms with E-state index in [-0.39, 0.29) is 33.5 Å². The zero-order valence-electron chi connectivity index (χ0n) is 18.2. The Morgan fingerprint density at radius 1 is 1.18 bits per heavy atom. The van der Waals surface area contributed by atoms with E-state index in [0.717, 1.165) is 25.2 Å². The van der Waals surface area contributed by atoms with Crippen LogP contribution in [0.25, 0.3) is 22.0 Å². The lowest BCUT2D eigenvalue weighted by atomic mass is 9.94. The van der Waals surface area contributed by atoms with E-state index in [1.165, 1.54) is 18.2 Å². The summed E-state index contributed by atoms with van der Waals surface area (Å²) < 4.78 is 56.3. The predicted octanol–water partition coefficient (Wildman–Crippen LogP) is 4.93. The van der Waals surface area contributed by atoms with Crippen molar-refractivity contribution < 1.29 is 22.3 Å². The van der Waals surface area contributed by atoms with Gasteiger partial charge in [0.2, 0.25) is 16.0 Å². The van der Waals surface area contributed by atoms with E-state index in [1.807, 2.05) is 11.8 Å². The molecule has 0 saturated carbocycles. The Hall–Kier alpha value is -2.72. The molecule has 7 nitrogen and oxygen atoms in total. The summed E-state index contributed by atoms with van der Waals surface area (Å²) >= 11 is 6.41. The molecule has 0 unspecified atom stereocenters. The molecule has 2 atom stereocenters. The second kappa shape index (κ2) is 8.57. The molecule has 0 radical (unpaired) electrons. The van der Waals surface area contributed by atoms with Gasteiger partial charge in [-0.3, -0.25) is 4.72 Å². The van der Waals surface area contributed by atoms with Gasteiger partial charge in [-0.2, -0.15) is 4.98 Å². The maximum Gasteiger partial charge on any atom is 0.239 e. The number of aromatic hydroxyl groups is 1. The topological polar surface area (TPSA) is 95.4 Å². The number of benzene rings is 2. The number of aromatic nitrogens is 2. The van der Waals surface area contributed by atoms with Crippen LogP contribution in [0.3, 0.4) is 0 Å². The van der Waals surface area contributed by atoms with Gasteiger partial charge in [0.1, 0.15) is 22.9 Å². The number of hydrogen-bond acceptors (Lipinski definition) is 6. The lowest BCUT2D eigenvalue weighted by molar-refractivity contribution is 0.389. The van der Waals surface area contributed by atoms with Crippen molar-refractivity contribution in [2.75, 3.05) is 22.4 Å². The summed E-state index contributed by atoms with van der Waals surface area (Å²) in [6.07, 6.45) is 2.83. The van der Waals surface area contributed by atoms with E-state index in [1.54, 1.807) is 0 Å². The van der Waals surface area contributed by atoms with Crippen LogP contribution in [-0.4, -0.2) is 42.3 Å². The molecule has 1 saturated heterocycles. The summed E-state index contributed by atoms with van der Waals surface area (Å²) in [6.45, 7) is 4.72. The van der Waals surface area contributed by atoms with Crippen molar-refractivity contribution in [3.05, 3.63) is 40.9 Å². The van der Waals surface area contributed by atoms with Crippen LogP contribution in [0.5, 0.6) is 5.75 Å². The third-order valence-corrected chi connectivity index (χ3v) is 6.62. The fraction of sp³-hybridized carbons (Fsp3) is 0.364. The van der Waals surface area contributed by atoms with Gasteiger partial charge in [0, 0.05) is 23.5 Å². The summed E-state index contributed by atoms with van der Waals surface area (Å²) in [5.41, 5.74) is -1.01. The molecule has 176 valence electrons. The highest BCUT2D eigenvalue weighted by Crippen LogP contribution is 2.43. The van der Waals surface area contributed by atoms with Crippen LogP contribution in [0.2, 0.25) is 5.02 Å².